The normalized spacial score (nSPS) is 17.4. The quantitative estimate of drug-likeness (QED) is 0.811. The molecule has 106 valence electrons. The summed E-state index contributed by atoms with van der Waals surface area (Å²) in [6.45, 7) is 7.72. The zero-order valence-electron chi connectivity index (χ0n) is 11.5. The van der Waals surface area contributed by atoms with Gasteiger partial charge in [0.25, 0.3) is 0 Å². The van der Waals surface area contributed by atoms with Crippen LogP contribution in [-0.2, 0) is 4.74 Å². The van der Waals surface area contributed by atoms with Gasteiger partial charge in [0, 0.05) is 18.0 Å². The molecule has 1 fully saturated rings. The number of aromatic nitrogens is 1. The lowest BCUT2D eigenvalue weighted by Gasteiger charge is -2.20. The van der Waals surface area contributed by atoms with E-state index in [9.17, 15) is 4.79 Å². The molecule has 19 heavy (non-hydrogen) atoms. The number of ether oxygens (including phenoxy) is 1. The number of thiazole rings is 1. The Morgan fingerprint density at radius 3 is 3.00 bits per heavy atom. The molecule has 6 heteroatoms. The largest absolute Gasteiger partial charge is 0.461 e. The first-order chi connectivity index (χ1) is 9.19. The van der Waals surface area contributed by atoms with Gasteiger partial charge in [-0.1, -0.05) is 0 Å². The van der Waals surface area contributed by atoms with E-state index in [0.29, 0.717) is 18.3 Å². The number of hydrogen-bond donors (Lipinski definition) is 1. The third-order valence-corrected chi connectivity index (χ3v) is 3.86. The zero-order valence-corrected chi connectivity index (χ0v) is 12.3. The Bertz CT molecular complexity index is 416. The van der Waals surface area contributed by atoms with Gasteiger partial charge >= 0.3 is 5.97 Å². The van der Waals surface area contributed by atoms with Crippen LogP contribution >= 0.6 is 11.3 Å². The summed E-state index contributed by atoms with van der Waals surface area (Å²) in [7, 11) is 0. The highest BCUT2D eigenvalue weighted by molar-refractivity contribution is 7.13. The van der Waals surface area contributed by atoms with E-state index in [-0.39, 0.29) is 5.97 Å². The van der Waals surface area contributed by atoms with Gasteiger partial charge in [-0.05, 0) is 39.8 Å². The third kappa shape index (κ3) is 4.18. The maximum atomic E-state index is 11.5. The van der Waals surface area contributed by atoms with Crippen LogP contribution < -0.4 is 5.32 Å². The summed E-state index contributed by atoms with van der Waals surface area (Å²) in [5, 5.41) is 5.87. The zero-order chi connectivity index (χ0) is 13.7. The summed E-state index contributed by atoms with van der Waals surface area (Å²) in [5.41, 5.74) is 0.391. The number of hydrogen-bond acceptors (Lipinski definition) is 6. The van der Waals surface area contributed by atoms with Crippen LogP contribution in [0.1, 0.15) is 37.2 Å². The van der Waals surface area contributed by atoms with Crippen molar-refractivity contribution in [3.05, 3.63) is 11.1 Å². The molecular formula is C13H21N3O2S. The Morgan fingerprint density at radius 2 is 2.32 bits per heavy atom. The number of nitrogens with zero attached hydrogens (tertiary/aromatic N) is 2. The molecule has 2 heterocycles. The van der Waals surface area contributed by atoms with Crippen LogP contribution in [0.15, 0.2) is 5.38 Å². The van der Waals surface area contributed by atoms with E-state index >= 15 is 0 Å². The van der Waals surface area contributed by atoms with Crippen molar-refractivity contribution in [3.63, 3.8) is 0 Å². The van der Waals surface area contributed by atoms with Gasteiger partial charge in [-0.15, -0.1) is 11.3 Å². The highest BCUT2D eigenvalue weighted by Gasteiger charge is 2.16. The van der Waals surface area contributed by atoms with Crippen LogP contribution in [0.3, 0.4) is 0 Å². The smallest absolute Gasteiger partial charge is 0.357 e. The van der Waals surface area contributed by atoms with Gasteiger partial charge in [-0.3, -0.25) is 0 Å². The molecule has 1 aliphatic rings. The molecule has 1 N–H and O–H groups in total. The first kappa shape index (κ1) is 14.3. The van der Waals surface area contributed by atoms with Crippen LogP contribution in [-0.4, -0.2) is 48.1 Å². The van der Waals surface area contributed by atoms with Gasteiger partial charge in [-0.2, -0.15) is 0 Å². The molecule has 0 amide bonds. The van der Waals surface area contributed by atoms with Gasteiger partial charge in [0.1, 0.15) is 0 Å². The summed E-state index contributed by atoms with van der Waals surface area (Å²) in [4.78, 5) is 18.2. The minimum absolute atomic E-state index is 0.333. The molecule has 1 atom stereocenters. The Kier molecular flexibility index (Phi) is 5.15. The third-order valence-electron chi connectivity index (χ3n) is 3.09. The van der Waals surface area contributed by atoms with E-state index in [0.717, 1.165) is 11.7 Å². The lowest BCUT2D eigenvalue weighted by molar-refractivity contribution is 0.0520. The molecule has 1 aliphatic heterocycles. The van der Waals surface area contributed by atoms with Crippen molar-refractivity contribution in [1.82, 2.24) is 9.88 Å². The van der Waals surface area contributed by atoms with Crippen LogP contribution in [0.25, 0.3) is 0 Å². The van der Waals surface area contributed by atoms with E-state index in [2.05, 4.69) is 22.1 Å². The second-order valence-corrected chi connectivity index (χ2v) is 5.67. The van der Waals surface area contributed by atoms with Crippen molar-refractivity contribution < 1.29 is 9.53 Å². The summed E-state index contributed by atoms with van der Waals surface area (Å²) in [6.07, 6.45) is 2.61. The highest BCUT2D eigenvalue weighted by Crippen LogP contribution is 2.18. The Labute approximate surface area is 118 Å². The molecule has 0 spiro atoms. The van der Waals surface area contributed by atoms with Crippen LogP contribution in [0.4, 0.5) is 5.13 Å². The molecule has 0 aliphatic carbocycles. The fourth-order valence-corrected chi connectivity index (χ4v) is 3.04. The van der Waals surface area contributed by atoms with E-state index in [1.807, 2.05) is 0 Å². The first-order valence-electron chi connectivity index (χ1n) is 6.80. The maximum Gasteiger partial charge on any atom is 0.357 e. The van der Waals surface area contributed by atoms with Crippen LogP contribution in [0.2, 0.25) is 0 Å². The molecule has 1 saturated heterocycles. The standard InChI is InChI=1S/C13H21N3O2S/c1-3-18-12(17)11-9-19-13(15-11)14-10(2)8-16-6-4-5-7-16/h9-10H,3-8H2,1-2H3,(H,14,15). The van der Waals surface area contributed by atoms with Crippen molar-refractivity contribution in [3.8, 4) is 0 Å². The predicted octanol–water partition coefficient (Wildman–Crippen LogP) is 2.22. The van der Waals surface area contributed by atoms with Gasteiger partial charge in [0.2, 0.25) is 0 Å². The van der Waals surface area contributed by atoms with Gasteiger partial charge in [0.05, 0.1) is 6.61 Å². The summed E-state index contributed by atoms with van der Waals surface area (Å²) >= 11 is 1.45. The van der Waals surface area contributed by atoms with Crippen molar-refractivity contribution >= 4 is 22.4 Å². The van der Waals surface area contributed by atoms with Crippen molar-refractivity contribution in [2.45, 2.75) is 32.7 Å². The second kappa shape index (κ2) is 6.86. The minimum atomic E-state index is -0.348. The SMILES string of the molecule is CCOC(=O)c1csc(NC(C)CN2CCCC2)n1. The molecule has 1 aromatic rings. The predicted molar refractivity (Wildman–Crippen MR) is 76.8 cm³/mol. The van der Waals surface area contributed by atoms with Crippen molar-refractivity contribution in [2.24, 2.45) is 0 Å². The fraction of sp³-hybridized carbons (Fsp3) is 0.692. The Balaban J connectivity index is 1.83. The van der Waals surface area contributed by atoms with E-state index in [1.54, 1.807) is 12.3 Å². The molecule has 0 saturated carbocycles. The Morgan fingerprint density at radius 1 is 1.58 bits per heavy atom. The van der Waals surface area contributed by atoms with Crippen LogP contribution in [0.5, 0.6) is 0 Å². The molecule has 2 rings (SSSR count). The summed E-state index contributed by atoms with van der Waals surface area (Å²) in [5.74, 6) is -0.348. The molecule has 1 unspecified atom stereocenters. The van der Waals surface area contributed by atoms with Crippen LogP contribution in [0, 0.1) is 0 Å². The number of rotatable bonds is 6. The van der Waals surface area contributed by atoms with Crippen molar-refractivity contribution in [1.29, 1.82) is 0 Å². The van der Waals surface area contributed by atoms with E-state index in [1.165, 1.54) is 37.3 Å². The number of esters is 1. The fourth-order valence-electron chi connectivity index (χ4n) is 2.25. The molecule has 0 bridgehead atoms. The van der Waals surface area contributed by atoms with E-state index < -0.39 is 0 Å². The average molecular weight is 283 g/mol. The topological polar surface area (TPSA) is 54.5 Å². The molecule has 0 aromatic carbocycles. The lowest BCUT2D eigenvalue weighted by Crippen LogP contribution is -2.32. The Hall–Kier alpha value is -1.14. The molecule has 0 radical (unpaired) electrons. The lowest BCUT2D eigenvalue weighted by atomic mass is 10.3. The van der Waals surface area contributed by atoms with Gasteiger partial charge < -0.3 is 15.0 Å². The number of anilines is 1. The monoisotopic (exact) mass is 283 g/mol. The average Bonchev–Trinajstić information content (AvgIpc) is 3.00. The highest BCUT2D eigenvalue weighted by atomic mass is 32.1. The molecule has 1 aromatic heterocycles. The molecule has 5 nitrogen and oxygen atoms in total. The number of carbonyl (C=O) groups is 1. The second-order valence-electron chi connectivity index (χ2n) is 4.81. The minimum Gasteiger partial charge on any atom is -0.461 e. The number of carbonyl (C=O) groups excluding carboxylic acids is 1. The first-order valence-corrected chi connectivity index (χ1v) is 7.68. The summed E-state index contributed by atoms with van der Waals surface area (Å²) < 4.78 is 4.92. The number of likely N-dealkylation sites (tertiary alicyclic amines) is 1. The summed E-state index contributed by atoms with van der Waals surface area (Å²) in [6, 6.07) is 0.333. The van der Waals surface area contributed by atoms with E-state index in [4.69, 9.17) is 4.74 Å². The maximum absolute atomic E-state index is 11.5. The van der Waals surface area contributed by atoms with Gasteiger partial charge in [-0.25, -0.2) is 9.78 Å². The number of nitrogens with one attached hydrogen (secondary N) is 1. The molecular weight excluding hydrogens is 262 g/mol. The van der Waals surface area contributed by atoms with Gasteiger partial charge in [0.15, 0.2) is 10.8 Å². The van der Waals surface area contributed by atoms with Crippen molar-refractivity contribution in [2.75, 3.05) is 31.6 Å².